The predicted molar refractivity (Wildman–Crippen MR) is 121 cm³/mol. The Kier molecular flexibility index (Phi) is 5.85. The molecule has 178 valence electrons. The summed E-state index contributed by atoms with van der Waals surface area (Å²) in [6.45, 7) is 3.76. The van der Waals surface area contributed by atoms with Gasteiger partial charge in [-0.1, -0.05) is 11.6 Å². The number of nitrogens with one attached hydrogen (secondary N) is 1. The quantitative estimate of drug-likeness (QED) is 0.415. The van der Waals surface area contributed by atoms with Crippen molar-refractivity contribution in [2.75, 3.05) is 5.32 Å². The number of pyridine rings is 1. The number of halogens is 4. The third kappa shape index (κ3) is 3.90. The Labute approximate surface area is 199 Å². The number of rotatable bonds is 5. The molecule has 4 aromatic heterocycles. The van der Waals surface area contributed by atoms with Crippen LogP contribution in [0.25, 0.3) is 21.3 Å². The van der Waals surface area contributed by atoms with Crippen molar-refractivity contribution >= 4 is 50.7 Å². The number of primary amides is 1. The van der Waals surface area contributed by atoms with Crippen molar-refractivity contribution in [1.82, 2.24) is 24.5 Å². The number of carbonyl (C=O) groups excluding carboxylic acids is 2. The Morgan fingerprint density at radius 1 is 1.24 bits per heavy atom. The number of fused-ring (bicyclic) bond motifs is 1. The molecule has 0 unspecified atom stereocenters. The largest absolute Gasteiger partial charge is 0.433 e. The molecule has 0 saturated carbocycles. The molecule has 3 N–H and O–H groups in total. The molecule has 9 nitrogen and oxygen atoms in total. The van der Waals surface area contributed by atoms with Crippen LogP contribution in [-0.4, -0.2) is 36.4 Å². The second kappa shape index (κ2) is 8.40. The summed E-state index contributed by atoms with van der Waals surface area (Å²) in [4.78, 5) is 28.8. The van der Waals surface area contributed by atoms with E-state index < -0.39 is 23.7 Å². The van der Waals surface area contributed by atoms with E-state index in [-0.39, 0.29) is 37.1 Å². The van der Waals surface area contributed by atoms with Crippen molar-refractivity contribution in [2.45, 2.75) is 26.6 Å². The number of aromatic nitrogens is 5. The summed E-state index contributed by atoms with van der Waals surface area (Å²) >= 11 is 6.77. The van der Waals surface area contributed by atoms with Gasteiger partial charge in [0.25, 0.3) is 11.8 Å². The fraction of sp³-hybridized carbons (Fsp3) is 0.250. The number of carbonyl (C=O) groups is 2. The lowest BCUT2D eigenvalue weighted by atomic mass is 10.0. The summed E-state index contributed by atoms with van der Waals surface area (Å²) in [5.74, 6) is -1.64. The lowest BCUT2D eigenvalue weighted by Crippen LogP contribution is -2.20. The maximum Gasteiger partial charge on any atom is 0.433 e. The highest BCUT2D eigenvalue weighted by Gasteiger charge is 2.35. The first-order valence-electron chi connectivity index (χ1n) is 9.80. The SMILES string of the molecule is CCn1ncc(Cl)c1C(=O)Nc1c(C(N)=O)sc2nc(C(F)(F)F)cc(-c3cnn(C)c3C)c12. The summed E-state index contributed by atoms with van der Waals surface area (Å²) in [6.07, 6.45) is -2.05. The zero-order valence-corrected chi connectivity index (χ0v) is 19.6. The third-order valence-electron chi connectivity index (χ3n) is 5.25. The first-order chi connectivity index (χ1) is 15.9. The van der Waals surface area contributed by atoms with Crippen LogP contribution in [0.1, 0.15) is 38.5 Å². The summed E-state index contributed by atoms with van der Waals surface area (Å²) in [6, 6.07) is 0.864. The highest BCUT2D eigenvalue weighted by Crippen LogP contribution is 2.44. The minimum Gasteiger partial charge on any atom is -0.365 e. The van der Waals surface area contributed by atoms with Crippen LogP contribution >= 0.6 is 22.9 Å². The molecule has 4 aromatic rings. The van der Waals surface area contributed by atoms with Gasteiger partial charge in [0.1, 0.15) is 21.1 Å². The van der Waals surface area contributed by atoms with Gasteiger partial charge in [0, 0.05) is 30.2 Å². The summed E-state index contributed by atoms with van der Waals surface area (Å²) in [5.41, 5.74) is 5.37. The highest BCUT2D eigenvalue weighted by molar-refractivity contribution is 7.21. The minimum absolute atomic E-state index is 0.0258. The average Bonchev–Trinajstić information content (AvgIpc) is 3.42. The molecule has 4 rings (SSSR count). The van der Waals surface area contributed by atoms with Gasteiger partial charge in [-0.05, 0) is 25.5 Å². The van der Waals surface area contributed by atoms with Crippen molar-refractivity contribution in [3.63, 3.8) is 0 Å². The van der Waals surface area contributed by atoms with Gasteiger partial charge in [0.2, 0.25) is 0 Å². The minimum atomic E-state index is -4.75. The zero-order valence-electron chi connectivity index (χ0n) is 18.0. The van der Waals surface area contributed by atoms with Crippen LogP contribution in [0.4, 0.5) is 18.9 Å². The predicted octanol–water partition coefficient (Wildman–Crippen LogP) is 4.25. The molecule has 0 saturated heterocycles. The molecule has 0 bridgehead atoms. The Balaban J connectivity index is 2.02. The number of thiophene rings is 1. The smallest absolute Gasteiger partial charge is 0.365 e. The molecule has 0 aliphatic carbocycles. The van der Waals surface area contributed by atoms with Crippen LogP contribution < -0.4 is 11.1 Å². The van der Waals surface area contributed by atoms with Crippen LogP contribution in [0.3, 0.4) is 0 Å². The van der Waals surface area contributed by atoms with E-state index in [0.717, 1.165) is 6.07 Å². The van der Waals surface area contributed by atoms with E-state index in [0.29, 0.717) is 29.1 Å². The highest BCUT2D eigenvalue weighted by atomic mass is 35.5. The first kappa shape index (κ1) is 23.7. The van der Waals surface area contributed by atoms with Gasteiger partial charge >= 0.3 is 6.18 Å². The van der Waals surface area contributed by atoms with Crippen LogP contribution in [-0.2, 0) is 19.8 Å². The van der Waals surface area contributed by atoms with E-state index in [1.54, 1.807) is 20.9 Å². The Morgan fingerprint density at radius 3 is 2.50 bits per heavy atom. The van der Waals surface area contributed by atoms with Crippen molar-refractivity contribution in [3.05, 3.63) is 45.4 Å². The zero-order chi connectivity index (χ0) is 24.9. The molecular formula is C20H17ClF3N7O2S. The normalized spacial score (nSPS) is 11.9. The first-order valence-corrected chi connectivity index (χ1v) is 11.0. The molecule has 0 atom stereocenters. The van der Waals surface area contributed by atoms with Gasteiger partial charge in [-0.2, -0.15) is 23.4 Å². The molecule has 0 aliphatic heterocycles. The van der Waals surface area contributed by atoms with E-state index >= 15 is 0 Å². The summed E-state index contributed by atoms with van der Waals surface area (Å²) in [7, 11) is 1.64. The molecule has 0 radical (unpaired) electrons. The fourth-order valence-corrected chi connectivity index (χ4v) is 4.75. The van der Waals surface area contributed by atoms with Crippen molar-refractivity contribution in [3.8, 4) is 11.1 Å². The number of hydrogen-bond acceptors (Lipinski definition) is 6. The van der Waals surface area contributed by atoms with Gasteiger partial charge in [-0.15, -0.1) is 11.3 Å². The van der Waals surface area contributed by atoms with Gasteiger partial charge in [-0.3, -0.25) is 19.0 Å². The van der Waals surface area contributed by atoms with Crippen molar-refractivity contribution in [1.29, 1.82) is 0 Å². The van der Waals surface area contributed by atoms with Gasteiger partial charge in [0.15, 0.2) is 0 Å². The van der Waals surface area contributed by atoms with E-state index in [2.05, 4.69) is 20.5 Å². The molecule has 0 spiro atoms. The standard InChI is InChI=1S/C20H17ClF3N7O2S/c1-4-31-15(11(21)7-27-31)18(33)29-14-13-9(10-6-26-30(3)8(10)2)5-12(20(22,23)24)28-19(13)34-16(14)17(25)32/h5-7H,4H2,1-3H3,(H2,25,32)(H,29,33). The number of alkyl halides is 3. The third-order valence-corrected chi connectivity index (χ3v) is 6.62. The molecule has 34 heavy (non-hydrogen) atoms. The second-order valence-corrected chi connectivity index (χ2v) is 8.69. The van der Waals surface area contributed by atoms with Crippen LogP contribution in [0.2, 0.25) is 5.02 Å². The molecule has 0 fully saturated rings. The number of anilines is 1. The monoisotopic (exact) mass is 511 g/mol. The maximum absolute atomic E-state index is 13.6. The average molecular weight is 512 g/mol. The maximum atomic E-state index is 13.6. The number of nitrogens with zero attached hydrogens (tertiary/aromatic N) is 5. The lowest BCUT2D eigenvalue weighted by Gasteiger charge is -2.12. The van der Waals surface area contributed by atoms with Gasteiger partial charge in [-0.25, -0.2) is 4.98 Å². The second-order valence-electron chi connectivity index (χ2n) is 7.28. The summed E-state index contributed by atoms with van der Waals surface area (Å²) in [5, 5.41) is 10.9. The Bertz CT molecular complexity index is 1450. The van der Waals surface area contributed by atoms with Crippen LogP contribution in [0.15, 0.2) is 18.5 Å². The van der Waals surface area contributed by atoms with Crippen molar-refractivity contribution < 1.29 is 22.8 Å². The molecule has 14 heteroatoms. The van der Waals surface area contributed by atoms with Gasteiger partial charge < -0.3 is 11.1 Å². The van der Waals surface area contributed by atoms with E-state index in [1.165, 1.54) is 21.8 Å². The Morgan fingerprint density at radius 2 is 1.94 bits per heavy atom. The van der Waals surface area contributed by atoms with E-state index in [9.17, 15) is 22.8 Å². The van der Waals surface area contributed by atoms with Gasteiger partial charge in [0.05, 0.1) is 23.1 Å². The van der Waals surface area contributed by atoms with Crippen LogP contribution in [0, 0.1) is 6.92 Å². The topological polar surface area (TPSA) is 121 Å². The lowest BCUT2D eigenvalue weighted by molar-refractivity contribution is -0.140. The number of nitrogens with two attached hydrogens (primary N) is 1. The summed E-state index contributed by atoms with van der Waals surface area (Å²) < 4.78 is 43.8. The number of aryl methyl sites for hydroxylation is 2. The van der Waals surface area contributed by atoms with E-state index in [4.69, 9.17) is 17.3 Å². The fourth-order valence-electron chi connectivity index (χ4n) is 3.51. The Hall–Kier alpha value is -3.45. The molecule has 0 aliphatic rings. The molecule has 2 amide bonds. The van der Waals surface area contributed by atoms with Crippen molar-refractivity contribution in [2.24, 2.45) is 12.8 Å². The number of hydrogen-bond donors (Lipinski definition) is 2. The molecule has 4 heterocycles. The number of amides is 2. The molecular weight excluding hydrogens is 495 g/mol. The van der Waals surface area contributed by atoms with Crippen LogP contribution in [0.5, 0.6) is 0 Å². The van der Waals surface area contributed by atoms with E-state index in [1.807, 2.05) is 0 Å². The molecule has 0 aromatic carbocycles.